The monoisotopic (exact) mass is 344 g/mol. The average Bonchev–Trinajstić information content (AvgIpc) is 2.84. The predicted molar refractivity (Wildman–Crippen MR) is 73.4 cm³/mol. The van der Waals surface area contributed by atoms with Crippen molar-refractivity contribution in [2.45, 2.75) is 31.1 Å². The van der Waals surface area contributed by atoms with Crippen molar-refractivity contribution < 1.29 is 56.7 Å². The molecule has 2 rings (SSSR count). The Labute approximate surface area is 150 Å². The fourth-order valence-electron chi connectivity index (χ4n) is 1.78. The van der Waals surface area contributed by atoms with Crippen LogP contribution in [0, 0.1) is 0 Å². The second-order valence-corrected chi connectivity index (χ2v) is 7.21. The molecule has 0 fully saturated rings. The Morgan fingerprint density at radius 1 is 1.48 bits per heavy atom. The first-order chi connectivity index (χ1) is 9.47. The van der Waals surface area contributed by atoms with E-state index in [4.69, 9.17) is 14.2 Å². The summed E-state index contributed by atoms with van der Waals surface area (Å²) in [6.07, 6.45) is 0.681. The van der Waals surface area contributed by atoms with Gasteiger partial charge in [0.05, 0.1) is 16.7 Å². The molecule has 1 aliphatic rings. The quantitative estimate of drug-likeness (QED) is 0.344. The Morgan fingerprint density at radius 3 is 2.90 bits per heavy atom. The molecule has 0 spiro atoms. The Morgan fingerprint density at radius 2 is 2.19 bits per heavy atom. The van der Waals surface area contributed by atoms with Gasteiger partial charge < -0.3 is 18.8 Å². The van der Waals surface area contributed by atoms with Crippen LogP contribution >= 0.6 is 11.3 Å². The Kier molecular flexibility index (Phi) is 7.97. The molecule has 0 saturated heterocycles. The van der Waals surface area contributed by atoms with Crippen molar-refractivity contribution in [1.82, 2.24) is 0 Å². The average molecular weight is 344 g/mol. The van der Waals surface area contributed by atoms with Gasteiger partial charge in [0.1, 0.15) is 6.61 Å². The molecule has 2 unspecified atom stereocenters. The standard InChI is InChI=1S/C12H18O6S2.Na/c1-9(20(13,14)15)3-2-4-16-5-10-6-17-11-7-19-8-12(11)18-10;/h7-10H,2-6H2,1H3,(H,13,14,15);/q;+1/p-1. The van der Waals surface area contributed by atoms with Gasteiger partial charge in [-0.1, -0.05) is 0 Å². The maximum atomic E-state index is 10.7. The molecule has 2 heterocycles. The van der Waals surface area contributed by atoms with Crippen LogP contribution in [-0.2, 0) is 14.9 Å². The smallest absolute Gasteiger partial charge is 0.748 e. The molecular formula is C12H17NaO6S2. The van der Waals surface area contributed by atoms with Gasteiger partial charge in [-0.2, -0.15) is 0 Å². The van der Waals surface area contributed by atoms with E-state index in [1.807, 2.05) is 10.8 Å². The molecule has 0 bridgehead atoms. The molecule has 0 saturated carbocycles. The van der Waals surface area contributed by atoms with E-state index in [1.54, 1.807) is 0 Å². The number of hydrogen-bond acceptors (Lipinski definition) is 7. The molecular weight excluding hydrogens is 327 g/mol. The normalized spacial score (nSPS) is 18.9. The van der Waals surface area contributed by atoms with Gasteiger partial charge in [-0.25, -0.2) is 8.42 Å². The minimum Gasteiger partial charge on any atom is -0.748 e. The summed E-state index contributed by atoms with van der Waals surface area (Å²) in [5.41, 5.74) is 0. The summed E-state index contributed by atoms with van der Waals surface area (Å²) < 4.78 is 48.7. The molecule has 1 aromatic heterocycles. The van der Waals surface area contributed by atoms with E-state index in [9.17, 15) is 13.0 Å². The zero-order chi connectivity index (χ0) is 14.6. The van der Waals surface area contributed by atoms with Gasteiger partial charge >= 0.3 is 29.6 Å². The van der Waals surface area contributed by atoms with Crippen LogP contribution in [0.3, 0.4) is 0 Å². The molecule has 0 aromatic carbocycles. The predicted octanol–water partition coefficient (Wildman–Crippen LogP) is -1.38. The summed E-state index contributed by atoms with van der Waals surface area (Å²) in [5.74, 6) is 1.50. The van der Waals surface area contributed by atoms with E-state index in [0.29, 0.717) is 32.7 Å². The Hall–Kier alpha value is 0.170. The molecule has 0 radical (unpaired) electrons. The summed E-state index contributed by atoms with van der Waals surface area (Å²) in [4.78, 5) is 0. The first-order valence-corrected chi connectivity index (χ1v) is 8.76. The second-order valence-electron chi connectivity index (χ2n) is 4.67. The van der Waals surface area contributed by atoms with E-state index in [1.165, 1.54) is 18.3 Å². The Balaban J connectivity index is 0.00000220. The maximum absolute atomic E-state index is 10.7. The van der Waals surface area contributed by atoms with Crippen molar-refractivity contribution in [3.63, 3.8) is 0 Å². The molecule has 0 amide bonds. The fraction of sp³-hybridized carbons (Fsp3) is 0.667. The van der Waals surface area contributed by atoms with Crippen molar-refractivity contribution in [3.05, 3.63) is 10.8 Å². The number of hydrogen-bond donors (Lipinski definition) is 0. The van der Waals surface area contributed by atoms with Gasteiger partial charge in [0.25, 0.3) is 0 Å². The summed E-state index contributed by atoms with van der Waals surface area (Å²) in [6, 6.07) is 0. The zero-order valence-corrected chi connectivity index (χ0v) is 15.7. The Bertz CT molecular complexity index is 530. The first-order valence-electron chi connectivity index (χ1n) is 6.35. The second kappa shape index (κ2) is 8.71. The molecule has 6 nitrogen and oxygen atoms in total. The van der Waals surface area contributed by atoms with Crippen LogP contribution in [0.1, 0.15) is 19.8 Å². The number of rotatable bonds is 7. The topological polar surface area (TPSA) is 84.9 Å². The van der Waals surface area contributed by atoms with Crippen LogP contribution < -0.4 is 39.0 Å². The van der Waals surface area contributed by atoms with E-state index in [0.717, 1.165) is 11.5 Å². The molecule has 21 heavy (non-hydrogen) atoms. The third-order valence-corrected chi connectivity index (χ3v) is 4.93. The molecule has 2 atom stereocenters. The molecule has 9 heteroatoms. The fourth-order valence-corrected chi connectivity index (χ4v) is 2.90. The van der Waals surface area contributed by atoms with Gasteiger partial charge in [0, 0.05) is 22.6 Å². The van der Waals surface area contributed by atoms with Gasteiger partial charge in [0.15, 0.2) is 17.6 Å². The minimum atomic E-state index is -4.19. The van der Waals surface area contributed by atoms with Crippen molar-refractivity contribution >= 4 is 21.5 Å². The largest absolute Gasteiger partial charge is 1.00 e. The van der Waals surface area contributed by atoms with Crippen molar-refractivity contribution in [1.29, 1.82) is 0 Å². The summed E-state index contributed by atoms with van der Waals surface area (Å²) in [7, 11) is -4.19. The van der Waals surface area contributed by atoms with Crippen molar-refractivity contribution in [3.8, 4) is 11.5 Å². The van der Waals surface area contributed by atoms with Gasteiger partial charge in [0.2, 0.25) is 0 Å². The maximum Gasteiger partial charge on any atom is 1.00 e. The minimum absolute atomic E-state index is 0. The van der Waals surface area contributed by atoms with Crippen molar-refractivity contribution in [2.24, 2.45) is 0 Å². The third-order valence-electron chi connectivity index (χ3n) is 3.01. The van der Waals surface area contributed by atoms with Crippen LogP contribution in [0.5, 0.6) is 11.5 Å². The third kappa shape index (κ3) is 6.05. The molecule has 1 aromatic rings. The van der Waals surface area contributed by atoms with Gasteiger partial charge in [-0.3, -0.25) is 0 Å². The van der Waals surface area contributed by atoms with Gasteiger partial charge in [-0.05, 0) is 19.8 Å². The van der Waals surface area contributed by atoms with Crippen molar-refractivity contribution in [2.75, 3.05) is 19.8 Å². The molecule has 0 aliphatic carbocycles. The number of fused-ring (bicyclic) bond motifs is 1. The van der Waals surface area contributed by atoms with E-state index < -0.39 is 15.4 Å². The van der Waals surface area contributed by atoms with Crippen LogP contribution in [-0.4, -0.2) is 44.1 Å². The number of ether oxygens (including phenoxy) is 3. The summed E-state index contributed by atoms with van der Waals surface area (Å²) in [6.45, 7) is 2.64. The van der Waals surface area contributed by atoms with E-state index >= 15 is 0 Å². The van der Waals surface area contributed by atoms with E-state index in [2.05, 4.69) is 0 Å². The number of thiophene rings is 1. The molecule has 114 valence electrons. The first kappa shape index (κ1) is 19.2. The zero-order valence-electron chi connectivity index (χ0n) is 12.1. The van der Waals surface area contributed by atoms with Gasteiger partial charge in [-0.15, -0.1) is 11.3 Å². The molecule has 1 aliphatic heterocycles. The summed E-state index contributed by atoms with van der Waals surface area (Å²) >= 11 is 1.52. The van der Waals surface area contributed by atoms with Crippen LogP contribution in [0.2, 0.25) is 0 Å². The SMILES string of the molecule is CC(CCCOCC1COc2cscc2O1)S(=O)(=O)[O-].[Na+]. The van der Waals surface area contributed by atoms with Crippen LogP contribution in [0.4, 0.5) is 0 Å². The van der Waals surface area contributed by atoms with E-state index in [-0.39, 0.29) is 35.7 Å². The molecule has 0 N–H and O–H groups in total. The van der Waals surface area contributed by atoms with Crippen LogP contribution in [0.25, 0.3) is 0 Å². The van der Waals surface area contributed by atoms with Crippen LogP contribution in [0.15, 0.2) is 10.8 Å². The summed E-state index contributed by atoms with van der Waals surface area (Å²) in [5, 5.41) is 2.90.